The van der Waals surface area contributed by atoms with E-state index in [0.29, 0.717) is 44.1 Å². The molecule has 2 aromatic carbocycles. The number of furan rings is 1. The number of thiazole rings is 1. The molecular formula is C29H23ClN2O6S. The Bertz CT molecular complexity index is 1800. The summed E-state index contributed by atoms with van der Waals surface area (Å²) < 4.78 is 17.7. The summed E-state index contributed by atoms with van der Waals surface area (Å²) in [6, 6.07) is 17.1. The standard InChI is InChI=1S/C29H23ClN2O6S/c1-4-21-24(28(35)37-3)25(16-8-6-5-7-9-16)32-26(33)23(39-29(32)31-21)15-18-11-13-22(38-18)17-10-12-19(20(30)14-17)27(34)36-2/h5-15,25H,4H2,1-3H3/b23-15-/t25-/m0/s1. The van der Waals surface area contributed by atoms with Crippen molar-refractivity contribution in [2.75, 3.05) is 14.2 Å². The number of hydrogen-bond acceptors (Lipinski definition) is 8. The third-order valence-corrected chi connectivity index (χ3v) is 7.62. The van der Waals surface area contributed by atoms with Crippen LogP contribution >= 0.6 is 22.9 Å². The lowest BCUT2D eigenvalue weighted by atomic mass is 9.95. The van der Waals surface area contributed by atoms with Crippen LogP contribution in [-0.4, -0.2) is 30.7 Å². The van der Waals surface area contributed by atoms with Crippen molar-refractivity contribution in [2.24, 2.45) is 4.99 Å². The second-order valence-corrected chi connectivity index (χ2v) is 10.0. The zero-order chi connectivity index (χ0) is 27.7. The molecular weight excluding hydrogens is 540 g/mol. The summed E-state index contributed by atoms with van der Waals surface area (Å²) in [5.41, 5.74) is 2.31. The molecule has 5 rings (SSSR count). The molecule has 39 heavy (non-hydrogen) atoms. The normalized spacial score (nSPS) is 15.1. The van der Waals surface area contributed by atoms with Crippen LogP contribution in [0.1, 0.15) is 41.1 Å². The number of fused-ring (bicyclic) bond motifs is 1. The fourth-order valence-corrected chi connectivity index (χ4v) is 5.73. The number of nitrogens with zero attached hydrogens (tertiary/aromatic N) is 2. The molecule has 0 amide bonds. The Morgan fingerprint density at radius 1 is 1.08 bits per heavy atom. The summed E-state index contributed by atoms with van der Waals surface area (Å²) in [6.07, 6.45) is 2.14. The van der Waals surface area contributed by atoms with Crippen LogP contribution < -0.4 is 14.9 Å². The largest absolute Gasteiger partial charge is 0.466 e. The quantitative estimate of drug-likeness (QED) is 0.321. The number of methoxy groups -OCH3 is 2. The van der Waals surface area contributed by atoms with Gasteiger partial charge in [0.2, 0.25) is 0 Å². The molecule has 0 spiro atoms. The Morgan fingerprint density at radius 2 is 1.82 bits per heavy atom. The van der Waals surface area contributed by atoms with Gasteiger partial charge in [0, 0.05) is 11.6 Å². The van der Waals surface area contributed by atoms with Crippen LogP contribution in [0, 0.1) is 0 Å². The van der Waals surface area contributed by atoms with Gasteiger partial charge in [-0.15, -0.1) is 0 Å². The van der Waals surface area contributed by atoms with Crippen molar-refractivity contribution in [3.05, 3.63) is 114 Å². The Balaban J connectivity index is 1.60. The van der Waals surface area contributed by atoms with Crippen molar-refractivity contribution in [3.8, 4) is 11.3 Å². The maximum absolute atomic E-state index is 13.7. The molecule has 8 nitrogen and oxygen atoms in total. The molecule has 0 aliphatic carbocycles. The molecule has 0 bridgehead atoms. The summed E-state index contributed by atoms with van der Waals surface area (Å²) in [6.45, 7) is 1.91. The summed E-state index contributed by atoms with van der Waals surface area (Å²) in [5.74, 6) is -0.0953. The number of carbonyl (C=O) groups excluding carboxylic acids is 2. The zero-order valence-electron chi connectivity index (χ0n) is 21.3. The number of benzene rings is 2. The minimum atomic E-state index is -0.672. The SMILES string of the molecule is CCC1=C(C(=O)OC)[C@H](c2ccccc2)n2c(s/c(=C\c3ccc(-c4ccc(C(=O)OC)c(Cl)c4)o3)c2=O)=N1. The predicted octanol–water partition coefficient (Wildman–Crippen LogP) is 4.50. The van der Waals surface area contributed by atoms with Crippen molar-refractivity contribution < 1.29 is 23.5 Å². The second-order valence-electron chi connectivity index (χ2n) is 8.59. The average Bonchev–Trinajstić information content (AvgIpc) is 3.55. The number of rotatable bonds is 6. The van der Waals surface area contributed by atoms with E-state index in [4.69, 9.17) is 25.5 Å². The van der Waals surface area contributed by atoms with Gasteiger partial charge in [-0.2, -0.15) is 0 Å². The Labute approximate surface area is 232 Å². The smallest absolute Gasteiger partial charge is 0.339 e. The van der Waals surface area contributed by atoms with Gasteiger partial charge in [0.05, 0.1) is 46.7 Å². The van der Waals surface area contributed by atoms with Crippen LogP contribution in [0.25, 0.3) is 17.4 Å². The number of ether oxygens (including phenoxy) is 2. The van der Waals surface area contributed by atoms with E-state index >= 15 is 0 Å². The molecule has 0 radical (unpaired) electrons. The molecule has 1 aliphatic rings. The van der Waals surface area contributed by atoms with Crippen LogP contribution in [0.3, 0.4) is 0 Å². The van der Waals surface area contributed by atoms with E-state index in [0.717, 1.165) is 5.56 Å². The van der Waals surface area contributed by atoms with Gasteiger partial charge < -0.3 is 13.9 Å². The molecule has 198 valence electrons. The molecule has 1 aliphatic heterocycles. The molecule has 0 fully saturated rings. The number of esters is 2. The average molecular weight is 563 g/mol. The fraction of sp³-hybridized carbons (Fsp3) is 0.172. The van der Waals surface area contributed by atoms with Gasteiger partial charge in [0.15, 0.2) is 4.80 Å². The number of hydrogen-bond donors (Lipinski definition) is 0. The Kier molecular flexibility index (Phi) is 7.36. The van der Waals surface area contributed by atoms with Gasteiger partial charge in [-0.1, -0.05) is 66.3 Å². The lowest BCUT2D eigenvalue weighted by Crippen LogP contribution is -2.40. The van der Waals surface area contributed by atoms with Crippen molar-refractivity contribution in [1.29, 1.82) is 0 Å². The molecule has 0 N–H and O–H groups in total. The number of carbonyl (C=O) groups is 2. The van der Waals surface area contributed by atoms with Crippen LogP contribution in [0.5, 0.6) is 0 Å². The highest BCUT2D eigenvalue weighted by molar-refractivity contribution is 7.07. The van der Waals surface area contributed by atoms with E-state index in [1.165, 1.54) is 30.1 Å². The predicted molar refractivity (Wildman–Crippen MR) is 147 cm³/mol. The third kappa shape index (κ3) is 4.86. The van der Waals surface area contributed by atoms with Crippen molar-refractivity contribution in [3.63, 3.8) is 0 Å². The summed E-state index contributed by atoms with van der Waals surface area (Å²) >= 11 is 7.48. The van der Waals surface area contributed by atoms with Gasteiger partial charge >= 0.3 is 11.9 Å². The van der Waals surface area contributed by atoms with Crippen LogP contribution in [-0.2, 0) is 14.3 Å². The number of aromatic nitrogens is 1. The monoisotopic (exact) mass is 562 g/mol. The van der Waals surface area contributed by atoms with Crippen LogP contribution in [0.15, 0.2) is 86.1 Å². The van der Waals surface area contributed by atoms with Crippen molar-refractivity contribution in [1.82, 2.24) is 4.57 Å². The van der Waals surface area contributed by atoms with E-state index in [2.05, 4.69) is 4.99 Å². The topological polar surface area (TPSA) is 100 Å². The minimum absolute atomic E-state index is 0.236. The minimum Gasteiger partial charge on any atom is -0.466 e. The number of allylic oxidation sites excluding steroid dienone is 1. The molecule has 10 heteroatoms. The lowest BCUT2D eigenvalue weighted by Gasteiger charge is -2.25. The van der Waals surface area contributed by atoms with Crippen molar-refractivity contribution in [2.45, 2.75) is 19.4 Å². The second kappa shape index (κ2) is 10.9. The van der Waals surface area contributed by atoms with Crippen molar-refractivity contribution >= 4 is 41.0 Å². The summed E-state index contributed by atoms with van der Waals surface area (Å²) in [5, 5.41) is 0.236. The van der Waals surface area contributed by atoms with Gasteiger partial charge in [0.25, 0.3) is 5.56 Å². The molecule has 2 aromatic heterocycles. The molecule has 4 aromatic rings. The third-order valence-electron chi connectivity index (χ3n) is 6.32. The van der Waals surface area contributed by atoms with E-state index in [9.17, 15) is 14.4 Å². The highest BCUT2D eigenvalue weighted by Gasteiger charge is 2.33. The number of halogens is 1. The Hall–Kier alpha value is -4.21. The van der Waals surface area contributed by atoms with E-state index in [1.807, 2.05) is 37.3 Å². The summed E-state index contributed by atoms with van der Waals surface area (Å²) in [7, 11) is 2.61. The lowest BCUT2D eigenvalue weighted by molar-refractivity contribution is -0.136. The van der Waals surface area contributed by atoms with Gasteiger partial charge in [-0.05, 0) is 36.2 Å². The van der Waals surface area contributed by atoms with Gasteiger partial charge in [-0.3, -0.25) is 9.36 Å². The first kappa shape index (κ1) is 26.4. The summed E-state index contributed by atoms with van der Waals surface area (Å²) in [4.78, 5) is 43.6. The zero-order valence-corrected chi connectivity index (χ0v) is 22.8. The van der Waals surface area contributed by atoms with E-state index in [-0.39, 0.29) is 16.1 Å². The van der Waals surface area contributed by atoms with Gasteiger partial charge in [-0.25, -0.2) is 14.6 Å². The van der Waals surface area contributed by atoms with E-state index in [1.54, 1.807) is 36.4 Å². The first-order valence-corrected chi connectivity index (χ1v) is 13.2. The van der Waals surface area contributed by atoms with Crippen LogP contribution in [0.2, 0.25) is 5.02 Å². The highest BCUT2D eigenvalue weighted by atomic mass is 35.5. The molecule has 0 saturated carbocycles. The maximum Gasteiger partial charge on any atom is 0.339 e. The molecule has 1 atom stereocenters. The maximum atomic E-state index is 13.7. The highest BCUT2D eigenvalue weighted by Crippen LogP contribution is 2.32. The first-order chi connectivity index (χ1) is 18.9. The fourth-order valence-electron chi connectivity index (χ4n) is 4.47. The molecule has 0 saturated heterocycles. The molecule has 3 heterocycles. The first-order valence-electron chi connectivity index (χ1n) is 12.0. The van der Waals surface area contributed by atoms with Crippen LogP contribution in [0.4, 0.5) is 0 Å². The molecule has 0 unspecified atom stereocenters. The van der Waals surface area contributed by atoms with Gasteiger partial charge in [0.1, 0.15) is 11.5 Å². The Morgan fingerprint density at radius 3 is 2.49 bits per heavy atom. The van der Waals surface area contributed by atoms with E-state index < -0.39 is 18.0 Å².